The largest absolute Gasteiger partial charge is 0.338 e. The Morgan fingerprint density at radius 1 is 1.15 bits per heavy atom. The maximum Gasteiger partial charge on any atom is 0.270 e. The average Bonchev–Trinajstić information content (AvgIpc) is 3.09. The second-order valence-corrected chi connectivity index (χ2v) is 8.75. The number of non-ortho nitro benzene ring substituents is 1. The van der Waals surface area contributed by atoms with Crippen LogP contribution < -0.4 is 5.73 Å². The number of amides is 1. The van der Waals surface area contributed by atoms with Crippen LogP contribution in [0.5, 0.6) is 0 Å². The molecule has 2 aliphatic rings. The Hall–Kier alpha value is -1.75. The number of piperazine rings is 1. The summed E-state index contributed by atoms with van der Waals surface area (Å²) in [7, 11) is -3.84. The number of nitro groups is 1. The number of hydrogen-bond donors (Lipinski definition) is 1. The van der Waals surface area contributed by atoms with Gasteiger partial charge in [0.05, 0.1) is 15.4 Å². The van der Waals surface area contributed by atoms with E-state index in [9.17, 15) is 23.3 Å². The molecule has 27 heavy (non-hydrogen) atoms. The van der Waals surface area contributed by atoms with Crippen molar-refractivity contribution in [1.82, 2.24) is 9.21 Å². The third-order valence-electron chi connectivity index (χ3n) is 5.11. The van der Waals surface area contributed by atoms with Gasteiger partial charge in [-0.3, -0.25) is 14.9 Å². The van der Waals surface area contributed by atoms with Crippen LogP contribution in [0.2, 0.25) is 0 Å². The van der Waals surface area contributed by atoms with Crippen molar-refractivity contribution in [1.29, 1.82) is 0 Å². The van der Waals surface area contributed by atoms with E-state index in [4.69, 9.17) is 5.73 Å². The molecule has 11 heteroatoms. The van der Waals surface area contributed by atoms with E-state index < -0.39 is 20.5 Å². The maximum absolute atomic E-state index is 12.7. The highest BCUT2D eigenvalue weighted by molar-refractivity contribution is 7.89. The van der Waals surface area contributed by atoms with Crippen molar-refractivity contribution in [3.05, 3.63) is 34.4 Å². The average molecular weight is 419 g/mol. The van der Waals surface area contributed by atoms with Gasteiger partial charge in [-0.1, -0.05) is 18.9 Å². The highest BCUT2D eigenvalue weighted by atomic mass is 35.5. The van der Waals surface area contributed by atoms with E-state index in [-0.39, 0.29) is 55.1 Å². The lowest BCUT2D eigenvalue weighted by molar-refractivity contribution is -0.385. The first-order valence-electron chi connectivity index (χ1n) is 8.57. The van der Waals surface area contributed by atoms with Crippen molar-refractivity contribution < 1.29 is 18.1 Å². The van der Waals surface area contributed by atoms with Gasteiger partial charge in [0.2, 0.25) is 15.9 Å². The smallest absolute Gasteiger partial charge is 0.270 e. The number of benzene rings is 1. The molecule has 1 aromatic rings. The first kappa shape index (κ1) is 21.5. The third kappa shape index (κ3) is 4.23. The van der Waals surface area contributed by atoms with Crippen molar-refractivity contribution >= 4 is 34.0 Å². The second-order valence-electron chi connectivity index (χ2n) is 6.81. The molecule has 1 heterocycles. The zero-order valence-electron chi connectivity index (χ0n) is 14.7. The molecule has 0 aromatic heterocycles. The number of carbonyl (C=O) groups excluding carboxylic acids is 1. The topological polar surface area (TPSA) is 127 Å². The number of halogens is 1. The van der Waals surface area contributed by atoms with Crippen molar-refractivity contribution in [2.45, 2.75) is 36.1 Å². The standard InChI is InChI=1S/C16H22N4O5S.ClH/c17-16(6-1-2-7-16)15(21)18-8-10-19(11-9-18)26(24,25)14-5-3-4-13(12-14)20(22)23;/h3-5,12H,1-2,6-11,17H2;1H. The van der Waals surface area contributed by atoms with Crippen LogP contribution >= 0.6 is 12.4 Å². The van der Waals surface area contributed by atoms with E-state index in [1.54, 1.807) is 4.90 Å². The lowest BCUT2D eigenvalue weighted by Gasteiger charge is -2.37. The van der Waals surface area contributed by atoms with Gasteiger partial charge in [0.25, 0.3) is 5.69 Å². The predicted octanol–water partition coefficient (Wildman–Crippen LogP) is 1.12. The monoisotopic (exact) mass is 418 g/mol. The number of sulfonamides is 1. The lowest BCUT2D eigenvalue weighted by Crippen LogP contribution is -2.59. The summed E-state index contributed by atoms with van der Waals surface area (Å²) in [4.78, 5) is 24.4. The summed E-state index contributed by atoms with van der Waals surface area (Å²) in [6, 6.07) is 4.99. The summed E-state index contributed by atoms with van der Waals surface area (Å²) >= 11 is 0. The summed E-state index contributed by atoms with van der Waals surface area (Å²) in [6.45, 7) is 0.831. The molecule has 3 rings (SSSR count). The second kappa shape index (κ2) is 8.09. The molecular weight excluding hydrogens is 396 g/mol. The van der Waals surface area contributed by atoms with Gasteiger partial charge in [-0.2, -0.15) is 4.31 Å². The number of nitrogens with zero attached hydrogens (tertiary/aromatic N) is 3. The van der Waals surface area contributed by atoms with Crippen LogP contribution in [0.1, 0.15) is 25.7 Å². The van der Waals surface area contributed by atoms with Crippen molar-refractivity contribution in [3.63, 3.8) is 0 Å². The molecule has 0 atom stereocenters. The molecule has 1 aromatic carbocycles. The molecule has 1 amide bonds. The van der Waals surface area contributed by atoms with Crippen molar-refractivity contribution in [3.8, 4) is 0 Å². The van der Waals surface area contributed by atoms with Crippen molar-refractivity contribution in [2.75, 3.05) is 26.2 Å². The van der Waals surface area contributed by atoms with Crippen LogP contribution in [0.4, 0.5) is 5.69 Å². The molecular formula is C16H23ClN4O5S. The van der Waals surface area contributed by atoms with Crippen molar-refractivity contribution in [2.24, 2.45) is 5.73 Å². The number of nitro benzene ring substituents is 1. The van der Waals surface area contributed by atoms with Gasteiger partial charge >= 0.3 is 0 Å². The van der Waals surface area contributed by atoms with Gasteiger partial charge in [-0.05, 0) is 18.9 Å². The van der Waals surface area contributed by atoms with Crippen LogP contribution in [-0.4, -0.2) is 60.2 Å². The molecule has 2 N–H and O–H groups in total. The van der Waals surface area contributed by atoms with Gasteiger partial charge < -0.3 is 10.6 Å². The minimum atomic E-state index is -3.84. The Morgan fingerprint density at radius 2 is 1.74 bits per heavy atom. The summed E-state index contributed by atoms with van der Waals surface area (Å²) in [5, 5.41) is 10.9. The molecule has 0 spiro atoms. The van der Waals surface area contributed by atoms with Crippen LogP contribution in [-0.2, 0) is 14.8 Å². The molecule has 150 valence electrons. The number of carbonyl (C=O) groups is 1. The fourth-order valence-corrected chi connectivity index (χ4v) is 5.04. The Kier molecular flexibility index (Phi) is 6.46. The van der Waals surface area contributed by atoms with Gasteiger partial charge in [0.1, 0.15) is 0 Å². The zero-order valence-corrected chi connectivity index (χ0v) is 16.4. The fraction of sp³-hybridized carbons (Fsp3) is 0.562. The first-order valence-corrected chi connectivity index (χ1v) is 10.0. The lowest BCUT2D eigenvalue weighted by atomic mass is 9.97. The van der Waals surface area contributed by atoms with Crippen LogP contribution in [0.25, 0.3) is 0 Å². The third-order valence-corrected chi connectivity index (χ3v) is 7.01. The van der Waals surface area contributed by atoms with E-state index in [0.29, 0.717) is 12.8 Å². The maximum atomic E-state index is 12.7. The highest BCUT2D eigenvalue weighted by Crippen LogP contribution is 2.30. The fourth-order valence-electron chi connectivity index (χ4n) is 3.57. The van der Waals surface area contributed by atoms with E-state index in [2.05, 4.69) is 0 Å². The Bertz CT molecular complexity index is 818. The Balaban J connectivity index is 0.00000261. The molecule has 1 aliphatic carbocycles. The first-order chi connectivity index (χ1) is 12.2. The van der Waals surface area contributed by atoms with E-state index >= 15 is 0 Å². The van der Waals surface area contributed by atoms with Gasteiger partial charge in [0, 0.05) is 38.3 Å². The quantitative estimate of drug-likeness (QED) is 0.576. The normalized spacial score (nSPS) is 20.1. The predicted molar refractivity (Wildman–Crippen MR) is 101 cm³/mol. The molecule has 1 aliphatic heterocycles. The summed E-state index contributed by atoms with van der Waals surface area (Å²) in [5.74, 6) is -0.109. The molecule has 1 saturated heterocycles. The minimum Gasteiger partial charge on any atom is -0.338 e. The molecule has 0 unspecified atom stereocenters. The highest BCUT2D eigenvalue weighted by Gasteiger charge is 2.41. The molecule has 2 fully saturated rings. The summed E-state index contributed by atoms with van der Waals surface area (Å²) in [6.07, 6.45) is 3.20. The summed E-state index contributed by atoms with van der Waals surface area (Å²) in [5.41, 5.74) is 5.11. The number of nitrogens with two attached hydrogens (primary N) is 1. The molecule has 9 nitrogen and oxygen atoms in total. The summed E-state index contributed by atoms with van der Waals surface area (Å²) < 4.78 is 26.7. The van der Waals surface area contributed by atoms with Gasteiger partial charge in [0.15, 0.2) is 0 Å². The van der Waals surface area contributed by atoms with Crippen LogP contribution in [0.3, 0.4) is 0 Å². The number of hydrogen-bond acceptors (Lipinski definition) is 6. The van der Waals surface area contributed by atoms with Gasteiger partial charge in [-0.15, -0.1) is 12.4 Å². The minimum absolute atomic E-state index is 0. The van der Waals surface area contributed by atoms with Crippen LogP contribution in [0.15, 0.2) is 29.2 Å². The molecule has 0 radical (unpaired) electrons. The van der Waals surface area contributed by atoms with E-state index in [1.807, 2.05) is 0 Å². The van der Waals surface area contributed by atoms with E-state index in [1.165, 1.54) is 22.5 Å². The molecule has 0 bridgehead atoms. The number of rotatable bonds is 4. The Labute approximate surface area is 164 Å². The van der Waals surface area contributed by atoms with E-state index in [0.717, 1.165) is 18.9 Å². The molecule has 1 saturated carbocycles. The van der Waals surface area contributed by atoms with Gasteiger partial charge in [-0.25, -0.2) is 8.42 Å². The SMILES string of the molecule is Cl.NC1(C(=O)N2CCN(S(=O)(=O)c3cccc([N+](=O)[O-])c3)CC2)CCCC1. The Morgan fingerprint density at radius 3 is 2.30 bits per heavy atom. The zero-order chi connectivity index (χ0) is 18.9. The van der Waals surface area contributed by atoms with Crippen LogP contribution in [0, 0.1) is 10.1 Å².